The molecule has 0 atom stereocenters. The third-order valence-electron chi connectivity index (χ3n) is 9.31. The van der Waals surface area contributed by atoms with Gasteiger partial charge in [0.2, 0.25) is 0 Å². The number of hydrogen-bond acceptors (Lipinski definition) is 1. The van der Waals surface area contributed by atoms with Crippen molar-refractivity contribution in [3.05, 3.63) is 158 Å². The van der Waals surface area contributed by atoms with Gasteiger partial charge in [-0.05, 0) is 65.7 Å². The molecular formula is C44H32N2O. The maximum absolute atomic E-state index is 6.65. The quantitative estimate of drug-likeness (QED) is 0.197. The van der Waals surface area contributed by atoms with E-state index in [1.807, 2.05) is 13.8 Å². The Labute approximate surface area is 272 Å². The van der Waals surface area contributed by atoms with Crippen molar-refractivity contribution in [2.24, 2.45) is 0 Å². The van der Waals surface area contributed by atoms with Crippen LogP contribution >= 0.6 is 0 Å². The summed E-state index contributed by atoms with van der Waals surface area (Å²) in [6.07, 6.45) is 0. The number of hydrogen-bond donors (Lipinski definition) is 0. The number of rotatable bonds is 3. The minimum Gasteiger partial charge on any atom is -0.454 e. The van der Waals surface area contributed by atoms with Crippen LogP contribution in [0.15, 0.2) is 162 Å². The van der Waals surface area contributed by atoms with Gasteiger partial charge in [0, 0.05) is 38.0 Å². The van der Waals surface area contributed by atoms with Gasteiger partial charge in [0.15, 0.2) is 5.58 Å². The molecule has 0 saturated carbocycles. The average molecular weight is 605 g/mol. The number of nitrogens with zero attached hydrogens (tertiary/aromatic N) is 2. The normalized spacial score (nSPS) is 11.6. The Morgan fingerprint density at radius 1 is 0.383 bits per heavy atom. The summed E-state index contributed by atoms with van der Waals surface area (Å²) in [7, 11) is 0. The van der Waals surface area contributed by atoms with Crippen molar-refractivity contribution in [1.29, 1.82) is 0 Å². The molecule has 0 unspecified atom stereocenters. The Hall–Kier alpha value is -6.06. The van der Waals surface area contributed by atoms with Gasteiger partial charge in [0.05, 0.1) is 27.8 Å². The van der Waals surface area contributed by atoms with Crippen LogP contribution in [-0.4, -0.2) is 9.13 Å². The summed E-state index contributed by atoms with van der Waals surface area (Å²) in [5, 5.41) is 7.25. The van der Waals surface area contributed by atoms with Gasteiger partial charge in [-0.25, -0.2) is 0 Å². The summed E-state index contributed by atoms with van der Waals surface area (Å²) in [6, 6.07) is 56.5. The van der Waals surface area contributed by atoms with Crippen LogP contribution in [0, 0.1) is 0 Å². The first-order chi connectivity index (χ1) is 23.3. The van der Waals surface area contributed by atoms with Gasteiger partial charge in [0.1, 0.15) is 5.58 Å². The zero-order chi connectivity index (χ0) is 31.5. The highest BCUT2D eigenvalue weighted by Crippen LogP contribution is 2.39. The maximum Gasteiger partial charge on any atom is 0.159 e. The monoisotopic (exact) mass is 604 g/mol. The molecule has 3 nitrogen and oxygen atoms in total. The molecule has 10 rings (SSSR count). The number of furan rings is 1. The van der Waals surface area contributed by atoms with Crippen LogP contribution in [0.2, 0.25) is 0 Å². The highest BCUT2D eigenvalue weighted by molar-refractivity contribution is 6.13. The lowest BCUT2D eigenvalue weighted by Gasteiger charge is -2.10. The predicted molar refractivity (Wildman–Crippen MR) is 199 cm³/mol. The van der Waals surface area contributed by atoms with E-state index in [4.69, 9.17) is 4.42 Å². The molecule has 10 aromatic rings. The molecule has 3 heteroatoms. The van der Waals surface area contributed by atoms with E-state index >= 15 is 0 Å². The molecule has 3 aromatic heterocycles. The minimum absolute atomic E-state index is 0.889. The Balaban J connectivity index is 0.00000149. The van der Waals surface area contributed by atoms with Gasteiger partial charge >= 0.3 is 0 Å². The van der Waals surface area contributed by atoms with Crippen LogP contribution in [0.3, 0.4) is 0 Å². The van der Waals surface area contributed by atoms with Crippen molar-refractivity contribution in [3.8, 4) is 22.5 Å². The van der Waals surface area contributed by atoms with Crippen LogP contribution in [0.1, 0.15) is 13.8 Å². The number of para-hydroxylation sites is 5. The topological polar surface area (TPSA) is 23.0 Å². The Bertz CT molecular complexity index is 2670. The fourth-order valence-corrected chi connectivity index (χ4v) is 7.35. The molecule has 7 aromatic carbocycles. The van der Waals surface area contributed by atoms with E-state index in [1.165, 1.54) is 49.2 Å². The molecule has 0 saturated heterocycles. The van der Waals surface area contributed by atoms with E-state index in [2.05, 4.69) is 167 Å². The summed E-state index contributed by atoms with van der Waals surface area (Å²) >= 11 is 0. The van der Waals surface area contributed by atoms with Gasteiger partial charge in [-0.2, -0.15) is 0 Å². The molecule has 3 heterocycles. The molecule has 0 aliphatic rings. The fraction of sp³-hybridized carbons (Fsp3) is 0.0455. The summed E-state index contributed by atoms with van der Waals surface area (Å²) in [6.45, 7) is 4.00. The number of aromatic nitrogens is 2. The summed E-state index contributed by atoms with van der Waals surface area (Å²) in [4.78, 5) is 0. The van der Waals surface area contributed by atoms with Gasteiger partial charge in [0.25, 0.3) is 0 Å². The zero-order valence-electron chi connectivity index (χ0n) is 26.3. The van der Waals surface area contributed by atoms with E-state index in [-0.39, 0.29) is 0 Å². The Morgan fingerprint density at radius 3 is 1.47 bits per heavy atom. The van der Waals surface area contributed by atoms with Crippen LogP contribution in [0.25, 0.3) is 88.1 Å². The minimum atomic E-state index is 0.889. The molecule has 0 bridgehead atoms. The molecule has 0 fully saturated rings. The standard InChI is InChI=1S/C42H26N2O.C2H6/c1-5-18-36-30(13-1)31-14-2-6-19-37(31)43(36)29-12-9-11-27(25-29)28-23-24-41-35(26-28)34-17-10-22-40(42(34)45-41)44-38-20-7-3-15-32(38)33-16-4-8-21-39(33)44;1-2/h1-26H;1-2H3. The molecule has 47 heavy (non-hydrogen) atoms. The highest BCUT2D eigenvalue weighted by Gasteiger charge is 2.18. The summed E-state index contributed by atoms with van der Waals surface area (Å²) < 4.78 is 11.4. The van der Waals surface area contributed by atoms with Gasteiger partial charge in [-0.1, -0.05) is 117 Å². The molecule has 0 aliphatic heterocycles. The molecule has 0 amide bonds. The molecule has 0 spiro atoms. The first-order valence-electron chi connectivity index (χ1n) is 16.4. The van der Waals surface area contributed by atoms with E-state index in [1.54, 1.807) is 0 Å². The first-order valence-corrected chi connectivity index (χ1v) is 16.4. The predicted octanol–water partition coefficient (Wildman–Crippen LogP) is 12.5. The lowest BCUT2D eigenvalue weighted by atomic mass is 10.0. The van der Waals surface area contributed by atoms with Gasteiger partial charge in [-0.15, -0.1) is 0 Å². The van der Waals surface area contributed by atoms with E-state index in [0.29, 0.717) is 0 Å². The second-order valence-corrected chi connectivity index (χ2v) is 11.8. The van der Waals surface area contributed by atoms with Crippen molar-refractivity contribution < 1.29 is 4.42 Å². The van der Waals surface area contributed by atoms with Crippen molar-refractivity contribution in [1.82, 2.24) is 9.13 Å². The van der Waals surface area contributed by atoms with Crippen molar-refractivity contribution in [2.75, 3.05) is 0 Å². The van der Waals surface area contributed by atoms with E-state index in [9.17, 15) is 0 Å². The highest BCUT2D eigenvalue weighted by atomic mass is 16.3. The Kier molecular flexibility index (Phi) is 6.26. The smallest absolute Gasteiger partial charge is 0.159 e. The molecule has 0 radical (unpaired) electrons. The zero-order valence-corrected chi connectivity index (χ0v) is 26.3. The average Bonchev–Trinajstić information content (AvgIpc) is 3.80. The molecule has 0 aliphatic carbocycles. The molecule has 0 N–H and O–H groups in total. The third-order valence-corrected chi connectivity index (χ3v) is 9.31. The largest absolute Gasteiger partial charge is 0.454 e. The fourth-order valence-electron chi connectivity index (χ4n) is 7.35. The van der Waals surface area contributed by atoms with Crippen LogP contribution in [0.4, 0.5) is 0 Å². The van der Waals surface area contributed by atoms with Crippen molar-refractivity contribution in [2.45, 2.75) is 13.8 Å². The number of fused-ring (bicyclic) bond motifs is 9. The number of benzene rings is 7. The summed E-state index contributed by atoms with van der Waals surface area (Å²) in [5.41, 5.74) is 11.1. The molecular weight excluding hydrogens is 572 g/mol. The third kappa shape index (κ3) is 4.06. The lowest BCUT2D eigenvalue weighted by Crippen LogP contribution is -1.94. The van der Waals surface area contributed by atoms with Gasteiger partial charge in [-0.3, -0.25) is 0 Å². The van der Waals surface area contributed by atoms with Crippen molar-refractivity contribution in [3.63, 3.8) is 0 Å². The summed E-state index contributed by atoms with van der Waals surface area (Å²) in [5.74, 6) is 0. The van der Waals surface area contributed by atoms with Gasteiger partial charge < -0.3 is 13.6 Å². The lowest BCUT2D eigenvalue weighted by molar-refractivity contribution is 0.666. The van der Waals surface area contributed by atoms with E-state index in [0.717, 1.165) is 38.9 Å². The maximum atomic E-state index is 6.65. The van der Waals surface area contributed by atoms with Crippen LogP contribution in [0.5, 0.6) is 0 Å². The SMILES string of the molecule is CC.c1cc(-c2ccc3oc4c(-n5c6ccccc6c6ccccc65)cccc4c3c2)cc(-n2c3ccccc3c3ccccc32)c1. The van der Waals surface area contributed by atoms with Crippen LogP contribution < -0.4 is 0 Å². The second-order valence-electron chi connectivity index (χ2n) is 11.8. The van der Waals surface area contributed by atoms with E-state index < -0.39 is 0 Å². The Morgan fingerprint density at radius 2 is 0.872 bits per heavy atom. The van der Waals surface area contributed by atoms with Crippen LogP contribution in [-0.2, 0) is 0 Å². The molecule has 224 valence electrons. The van der Waals surface area contributed by atoms with Crippen molar-refractivity contribution >= 4 is 65.6 Å². The first kappa shape index (κ1) is 27.3. The second kappa shape index (κ2) is 10.8.